The number of carbonyl (C=O) groups is 3. The second-order valence-electron chi connectivity index (χ2n) is 8.69. The van der Waals surface area contributed by atoms with E-state index in [4.69, 9.17) is 4.74 Å². The zero-order chi connectivity index (χ0) is 25.4. The number of barbiturate groups is 1. The molecule has 184 valence electrons. The molecule has 0 radical (unpaired) electrons. The Balaban J connectivity index is 1.47. The van der Waals surface area contributed by atoms with E-state index in [1.54, 1.807) is 0 Å². The highest BCUT2D eigenvalue weighted by Crippen LogP contribution is 2.28. The topological polar surface area (TPSA) is 83.9 Å². The Morgan fingerprint density at radius 2 is 1.61 bits per heavy atom. The van der Waals surface area contributed by atoms with Gasteiger partial charge in [0.15, 0.2) is 0 Å². The average Bonchev–Trinajstić information content (AvgIpc) is 3.16. The number of nitrogens with one attached hydrogen (secondary N) is 1. The highest BCUT2D eigenvalue weighted by atomic mass is 19.1. The van der Waals surface area contributed by atoms with Gasteiger partial charge in [0.25, 0.3) is 11.8 Å². The quantitative estimate of drug-likeness (QED) is 0.447. The molecule has 3 heterocycles. The van der Waals surface area contributed by atoms with Crippen molar-refractivity contribution >= 4 is 35.3 Å². The first-order valence-corrected chi connectivity index (χ1v) is 11.6. The van der Waals surface area contributed by atoms with Crippen molar-refractivity contribution in [3.63, 3.8) is 0 Å². The van der Waals surface area contributed by atoms with E-state index in [1.165, 1.54) is 24.3 Å². The highest BCUT2D eigenvalue weighted by molar-refractivity contribution is 6.39. The number of para-hydroxylation sites is 1. The molecular formula is C27H25FN4O4. The molecule has 2 aromatic carbocycles. The van der Waals surface area contributed by atoms with Crippen molar-refractivity contribution in [1.29, 1.82) is 0 Å². The van der Waals surface area contributed by atoms with Crippen LogP contribution in [0.15, 0.2) is 60.2 Å². The number of urea groups is 1. The van der Waals surface area contributed by atoms with Crippen LogP contribution in [0.1, 0.15) is 17.0 Å². The van der Waals surface area contributed by atoms with Gasteiger partial charge in [-0.3, -0.25) is 14.9 Å². The van der Waals surface area contributed by atoms with E-state index in [1.807, 2.05) is 36.6 Å². The first-order chi connectivity index (χ1) is 17.3. The Kier molecular flexibility index (Phi) is 6.15. The Labute approximate surface area is 207 Å². The Bertz CT molecular complexity index is 1390. The number of hydrogen-bond acceptors (Lipinski definition) is 5. The number of morpholine rings is 1. The number of carbonyl (C=O) groups excluding carboxylic acids is 3. The predicted octanol–water partition coefficient (Wildman–Crippen LogP) is 3.74. The predicted molar refractivity (Wildman–Crippen MR) is 134 cm³/mol. The molecule has 1 aromatic heterocycles. The Hall–Kier alpha value is -4.24. The number of halogens is 1. The molecule has 2 aliphatic heterocycles. The van der Waals surface area contributed by atoms with Gasteiger partial charge in [-0.05, 0) is 68.0 Å². The van der Waals surface area contributed by atoms with Crippen LogP contribution >= 0.6 is 0 Å². The summed E-state index contributed by atoms with van der Waals surface area (Å²) in [6.07, 6.45) is 1.44. The van der Waals surface area contributed by atoms with Crippen molar-refractivity contribution in [3.8, 4) is 5.69 Å². The molecular weight excluding hydrogens is 463 g/mol. The normalized spacial score (nSPS) is 17.6. The summed E-state index contributed by atoms with van der Waals surface area (Å²) >= 11 is 0. The molecule has 0 spiro atoms. The van der Waals surface area contributed by atoms with Crippen LogP contribution in [-0.2, 0) is 14.3 Å². The first kappa shape index (κ1) is 23.5. The number of aromatic nitrogens is 1. The molecule has 3 aromatic rings. The maximum absolute atomic E-state index is 14.3. The number of imide groups is 2. The smallest absolute Gasteiger partial charge is 0.336 e. The lowest BCUT2D eigenvalue weighted by Gasteiger charge is -2.29. The van der Waals surface area contributed by atoms with Crippen molar-refractivity contribution in [1.82, 2.24) is 9.88 Å². The van der Waals surface area contributed by atoms with Gasteiger partial charge in [-0.1, -0.05) is 12.1 Å². The van der Waals surface area contributed by atoms with E-state index in [-0.39, 0.29) is 11.3 Å². The number of ether oxygens (including phenoxy) is 1. The number of anilines is 2. The monoisotopic (exact) mass is 488 g/mol. The van der Waals surface area contributed by atoms with Gasteiger partial charge in [0, 0.05) is 35.9 Å². The zero-order valence-electron chi connectivity index (χ0n) is 20.0. The molecule has 9 heteroatoms. The van der Waals surface area contributed by atoms with E-state index in [0.717, 1.165) is 41.9 Å². The minimum Gasteiger partial charge on any atom is -0.378 e. The van der Waals surface area contributed by atoms with Gasteiger partial charge in [-0.2, -0.15) is 0 Å². The first-order valence-electron chi connectivity index (χ1n) is 11.6. The van der Waals surface area contributed by atoms with Crippen LogP contribution in [0.3, 0.4) is 0 Å². The number of nitrogens with zero attached hydrogens (tertiary/aromatic N) is 3. The standard InChI is InChI=1S/C27H25FN4O4/c1-17-15-19(18(2)31(17)21-9-7-20(8-10-21)30-11-13-36-14-12-30)16-22-25(33)29-27(35)32(26(22)34)24-6-4-3-5-23(24)28/h3-10,15-16H,11-14H2,1-2H3,(H,29,33,35)/b22-16+. The largest absolute Gasteiger partial charge is 0.378 e. The fourth-order valence-electron chi connectivity index (χ4n) is 4.63. The molecule has 0 unspecified atom stereocenters. The van der Waals surface area contributed by atoms with Crippen molar-refractivity contribution in [2.75, 3.05) is 36.1 Å². The van der Waals surface area contributed by atoms with Gasteiger partial charge in [0.05, 0.1) is 18.9 Å². The molecule has 36 heavy (non-hydrogen) atoms. The molecule has 0 atom stereocenters. The summed E-state index contributed by atoms with van der Waals surface area (Å²) in [4.78, 5) is 41.0. The van der Waals surface area contributed by atoms with Gasteiger partial charge in [0.1, 0.15) is 11.4 Å². The third-order valence-electron chi connectivity index (χ3n) is 6.45. The van der Waals surface area contributed by atoms with Crippen LogP contribution in [-0.4, -0.2) is 48.7 Å². The molecule has 5 rings (SSSR count). The van der Waals surface area contributed by atoms with E-state index in [0.29, 0.717) is 23.7 Å². The van der Waals surface area contributed by atoms with Crippen LogP contribution < -0.4 is 15.1 Å². The minimum atomic E-state index is -0.988. The number of aryl methyl sites for hydroxylation is 1. The lowest BCUT2D eigenvalue weighted by Crippen LogP contribution is -2.54. The van der Waals surface area contributed by atoms with Crippen LogP contribution in [0.25, 0.3) is 11.8 Å². The number of hydrogen-bond donors (Lipinski definition) is 1. The molecule has 8 nitrogen and oxygen atoms in total. The van der Waals surface area contributed by atoms with E-state index in [9.17, 15) is 18.8 Å². The molecule has 0 saturated carbocycles. The highest BCUT2D eigenvalue weighted by Gasteiger charge is 2.38. The molecule has 2 fully saturated rings. The summed E-state index contributed by atoms with van der Waals surface area (Å²) in [5, 5.41) is 2.14. The summed E-state index contributed by atoms with van der Waals surface area (Å²) in [5.41, 5.74) is 3.96. The SMILES string of the molecule is Cc1cc(/C=C2\C(=O)NC(=O)N(c3ccccc3F)C2=O)c(C)n1-c1ccc(N2CCOCC2)cc1. The molecule has 2 saturated heterocycles. The average molecular weight is 489 g/mol. The Morgan fingerprint density at radius 3 is 2.31 bits per heavy atom. The van der Waals surface area contributed by atoms with Crippen molar-refractivity contribution < 1.29 is 23.5 Å². The summed E-state index contributed by atoms with van der Waals surface area (Å²) < 4.78 is 21.8. The summed E-state index contributed by atoms with van der Waals surface area (Å²) in [5.74, 6) is -2.45. The molecule has 0 aliphatic carbocycles. The number of amides is 4. The summed E-state index contributed by atoms with van der Waals surface area (Å²) in [7, 11) is 0. The van der Waals surface area contributed by atoms with Gasteiger partial charge in [-0.25, -0.2) is 14.1 Å². The maximum Gasteiger partial charge on any atom is 0.336 e. The maximum atomic E-state index is 14.3. The van der Waals surface area contributed by atoms with Gasteiger partial charge in [-0.15, -0.1) is 0 Å². The summed E-state index contributed by atoms with van der Waals surface area (Å²) in [6, 6.07) is 14.5. The minimum absolute atomic E-state index is 0.218. The second-order valence-corrected chi connectivity index (χ2v) is 8.69. The molecule has 2 aliphatic rings. The van der Waals surface area contributed by atoms with Crippen LogP contribution in [0, 0.1) is 19.7 Å². The van der Waals surface area contributed by atoms with Gasteiger partial charge < -0.3 is 14.2 Å². The van der Waals surface area contributed by atoms with Crippen LogP contribution in [0.5, 0.6) is 0 Å². The fraction of sp³-hybridized carbons (Fsp3) is 0.222. The van der Waals surface area contributed by atoms with Crippen LogP contribution in [0.4, 0.5) is 20.6 Å². The van der Waals surface area contributed by atoms with Crippen molar-refractivity contribution in [2.45, 2.75) is 13.8 Å². The van der Waals surface area contributed by atoms with Crippen molar-refractivity contribution in [3.05, 3.63) is 82.9 Å². The number of benzene rings is 2. The number of rotatable bonds is 4. The van der Waals surface area contributed by atoms with E-state index >= 15 is 0 Å². The third kappa shape index (κ3) is 4.18. The fourth-order valence-corrected chi connectivity index (χ4v) is 4.63. The lowest BCUT2D eigenvalue weighted by atomic mass is 10.1. The lowest BCUT2D eigenvalue weighted by molar-refractivity contribution is -0.122. The van der Waals surface area contributed by atoms with Gasteiger partial charge >= 0.3 is 6.03 Å². The van der Waals surface area contributed by atoms with E-state index in [2.05, 4.69) is 22.3 Å². The molecule has 0 bridgehead atoms. The summed E-state index contributed by atoms with van der Waals surface area (Å²) in [6.45, 7) is 6.94. The Morgan fingerprint density at radius 1 is 0.944 bits per heavy atom. The third-order valence-corrected chi connectivity index (χ3v) is 6.45. The van der Waals surface area contributed by atoms with Gasteiger partial charge in [0.2, 0.25) is 0 Å². The van der Waals surface area contributed by atoms with Crippen LogP contribution in [0.2, 0.25) is 0 Å². The van der Waals surface area contributed by atoms with Crippen molar-refractivity contribution in [2.24, 2.45) is 0 Å². The molecule has 1 N–H and O–H groups in total. The molecule has 4 amide bonds. The van der Waals surface area contributed by atoms with E-state index < -0.39 is 23.7 Å². The second kappa shape index (κ2) is 9.43. The zero-order valence-corrected chi connectivity index (χ0v) is 20.0.